The number of amides is 1. The van der Waals surface area contributed by atoms with Gasteiger partial charge in [-0.1, -0.05) is 67.7 Å². The molecule has 0 aliphatic rings. The van der Waals surface area contributed by atoms with E-state index in [2.05, 4.69) is 65.4 Å². The van der Waals surface area contributed by atoms with Crippen molar-refractivity contribution in [2.24, 2.45) is 0 Å². The van der Waals surface area contributed by atoms with Crippen LogP contribution in [0.25, 0.3) is 0 Å². The van der Waals surface area contributed by atoms with Gasteiger partial charge in [-0.05, 0) is 44.9 Å². The lowest BCUT2D eigenvalue weighted by Crippen LogP contribution is -2.43. The molecule has 0 rings (SSSR count). The first-order valence-corrected chi connectivity index (χ1v) is 12.3. The molecule has 0 unspecified atom stereocenters. The lowest BCUT2D eigenvalue weighted by atomic mass is 10.2. The van der Waals surface area contributed by atoms with Crippen LogP contribution in [0.15, 0.2) is 60.8 Å². The first-order chi connectivity index (χ1) is 15.3. The largest absolute Gasteiger partial charge is 0.480 e. The third kappa shape index (κ3) is 21.0. The Morgan fingerprint density at radius 3 is 1.78 bits per heavy atom. The number of hydrogen-bond donors (Lipinski definition) is 4. The first kappa shape index (κ1) is 29.8. The molecule has 0 saturated carbocycles. The molecule has 8 nitrogen and oxygen atoms in total. The zero-order chi connectivity index (χ0) is 24.1. The first-order valence-electron chi connectivity index (χ1n) is 10.7. The van der Waals surface area contributed by atoms with Gasteiger partial charge in [0.2, 0.25) is 5.91 Å². The summed E-state index contributed by atoms with van der Waals surface area (Å²) < 4.78 is 14.8. The molecular weight excluding hydrogens is 433 g/mol. The number of hydrogen-bond acceptors (Lipinski definition) is 4. The Bertz CT molecular complexity index is 720. The fourth-order valence-corrected chi connectivity index (χ4v) is 2.71. The predicted molar refractivity (Wildman–Crippen MR) is 126 cm³/mol. The van der Waals surface area contributed by atoms with Crippen LogP contribution >= 0.6 is 7.82 Å². The number of nitrogens with one attached hydrogen (secondary N) is 1. The van der Waals surface area contributed by atoms with Crippen molar-refractivity contribution >= 4 is 19.7 Å². The average molecular weight is 470 g/mol. The van der Waals surface area contributed by atoms with E-state index in [0.717, 1.165) is 32.1 Å². The fraction of sp³-hybridized carbons (Fsp3) is 0.478. The fourth-order valence-electron chi connectivity index (χ4n) is 2.36. The van der Waals surface area contributed by atoms with Crippen LogP contribution in [0.4, 0.5) is 0 Å². The number of unbranched alkanes of at least 4 members (excludes halogenated alkanes) is 1. The van der Waals surface area contributed by atoms with Gasteiger partial charge in [0.15, 0.2) is 6.04 Å². The Balaban J connectivity index is 3.86. The van der Waals surface area contributed by atoms with Crippen molar-refractivity contribution in [3.63, 3.8) is 0 Å². The highest BCUT2D eigenvalue weighted by molar-refractivity contribution is 7.46. The normalized spacial score (nSPS) is 13.8. The Kier molecular flexibility index (Phi) is 18.1. The summed E-state index contributed by atoms with van der Waals surface area (Å²) in [6.45, 7) is 1.31. The number of allylic oxidation sites excluding steroid dienone is 10. The molecule has 9 heteroatoms. The summed E-state index contributed by atoms with van der Waals surface area (Å²) in [5.74, 6) is -1.94. The van der Waals surface area contributed by atoms with Crippen LogP contribution < -0.4 is 5.32 Å². The van der Waals surface area contributed by atoms with E-state index in [4.69, 9.17) is 14.9 Å². The number of phosphoric acid groups is 1. The number of rotatable bonds is 18. The van der Waals surface area contributed by atoms with E-state index in [0.29, 0.717) is 12.8 Å². The van der Waals surface area contributed by atoms with Crippen LogP contribution in [0.1, 0.15) is 58.3 Å². The lowest BCUT2D eigenvalue weighted by Gasteiger charge is -2.14. The molecule has 0 saturated heterocycles. The van der Waals surface area contributed by atoms with Crippen LogP contribution in [-0.4, -0.2) is 39.4 Å². The van der Waals surface area contributed by atoms with Gasteiger partial charge in [0.25, 0.3) is 0 Å². The van der Waals surface area contributed by atoms with Gasteiger partial charge in [0.1, 0.15) is 0 Å². The second kappa shape index (κ2) is 19.4. The average Bonchev–Trinajstić information content (AvgIpc) is 2.72. The second-order valence-electron chi connectivity index (χ2n) is 6.84. The van der Waals surface area contributed by atoms with Gasteiger partial charge < -0.3 is 20.2 Å². The van der Waals surface area contributed by atoms with Crippen molar-refractivity contribution in [2.45, 2.75) is 64.3 Å². The van der Waals surface area contributed by atoms with Crippen molar-refractivity contribution in [1.29, 1.82) is 0 Å². The maximum absolute atomic E-state index is 11.8. The molecule has 32 heavy (non-hydrogen) atoms. The summed E-state index contributed by atoms with van der Waals surface area (Å²) in [5, 5.41) is 11.2. The number of carbonyl (C=O) groups is 2. The molecule has 0 aliphatic carbocycles. The highest BCUT2D eigenvalue weighted by Crippen LogP contribution is 2.35. The lowest BCUT2D eigenvalue weighted by molar-refractivity contribution is -0.142. The quantitative estimate of drug-likeness (QED) is 0.131. The summed E-state index contributed by atoms with van der Waals surface area (Å²) in [5.41, 5.74) is 0. The predicted octanol–water partition coefficient (Wildman–Crippen LogP) is 4.59. The summed E-state index contributed by atoms with van der Waals surface area (Å²) in [4.78, 5) is 40.0. The van der Waals surface area contributed by atoms with Crippen LogP contribution in [0.3, 0.4) is 0 Å². The van der Waals surface area contributed by atoms with E-state index < -0.39 is 32.3 Å². The molecule has 1 atom stereocenters. The Labute approximate surface area is 190 Å². The zero-order valence-corrected chi connectivity index (χ0v) is 19.5. The monoisotopic (exact) mass is 469 g/mol. The van der Waals surface area contributed by atoms with Crippen LogP contribution in [0, 0.1) is 0 Å². The molecule has 0 aromatic carbocycles. The van der Waals surface area contributed by atoms with Crippen LogP contribution in [-0.2, 0) is 18.7 Å². The van der Waals surface area contributed by atoms with E-state index in [9.17, 15) is 14.2 Å². The van der Waals surface area contributed by atoms with Gasteiger partial charge in [0.05, 0.1) is 6.61 Å². The molecule has 0 heterocycles. The second-order valence-corrected chi connectivity index (χ2v) is 8.08. The van der Waals surface area contributed by atoms with Gasteiger partial charge >= 0.3 is 13.8 Å². The van der Waals surface area contributed by atoms with Gasteiger partial charge in [-0.25, -0.2) is 9.36 Å². The molecule has 0 radical (unpaired) electrons. The molecule has 0 aromatic rings. The van der Waals surface area contributed by atoms with Gasteiger partial charge in [0, 0.05) is 6.42 Å². The molecule has 0 aliphatic heterocycles. The van der Waals surface area contributed by atoms with Crippen LogP contribution in [0.5, 0.6) is 0 Å². The molecule has 0 aromatic heterocycles. The van der Waals surface area contributed by atoms with Crippen molar-refractivity contribution in [3.05, 3.63) is 60.8 Å². The van der Waals surface area contributed by atoms with E-state index in [1.165, 1.54) is 0 Å². The van der Waals surface area contributed by atoms with Gasteiger partial charge in [-0.3, -0.25) is 9.32 Å². The van der Waals surface area contributed by atoms with Crippen molar-refractivity contribution in [2.75, 3.05) is 6.61 Å². The number of aliphatic carboxylic acids is 1. The summed E-state index contributed by atoms with van der Waals surface area (Å²) in [6, 6.07) is -1.51. The molecular formula is C23H36NO7P. The highest BCUT2D eigenvalue weighted by atomic mass is 31.2. The maximum Gasteiger partial charge on any atom is 0.469 e. The number of carboxylic acids is 1. The number of phosphoric ester groups is 1. The zero-order valence-electron chi connectivity index (χ0n) is 18.6. The van der Waals surface area contributed by atoms with Gasteiger partial charge in [-0.2, -0.15) is 0 Å². The maximum atomic E-state index is 11.8. The SMILES string of the molecule is CCC=CCC=CCC=CCC=CCC=CCCCC(=O)N[C@@H](COP(=O)(O)O)C(=O)O. The Morgan fingerprint density at radius 2 is 1.34 bits per heavy atom. The minimum atomic E-state index is -4.80. The summed E-state index contributed by atoms with van der Waals surface area (Å²) >= 11 is 0. The molecule has 4 N–H and O–H groups in total. The molecule has 1 amide bonds. The van der Waals surface area contributed by atoms with E-state index in [1.807, 2.05) is 12.2 Å². The summed E-state index contributed by atoms with van der Waals surface area (Å²) in [7, 11) is -4.80. The molecule has 0 fully saturated rings. The van der Waals surface area contributed by atoms with Crippen LogP contribution in [0.2, 0.25) is 0 Å². The number of carbonyl (C=O) groups excluding carboxylic acids is 1. The third-order valence-electron chi connectivity index (χ3n) is 3.98. The Morgan fingerprint density at radius 1 is 0.875 bits per heavy atom. The highest BCUT2D eigenvalue weighted by Gasteiger charge is 2.24. The van der Waals surface area contributed by atoms with Gasteiger partial charge in [-0.15, -0.1) is 0 Å². The molecule has 0 spiro atoms. The number of carboxylic acid groups (broad SMARTS) is 1. The third-order valence-corrected chi connectivity index (χ3v) is 4.46. The van der Waals surface area contributed by atoms with E-state index in [1.54, 1.807) is 0 Å². The standard InChI is InChI=1S/C23H36NO7P/c1-2-3-4-5-6-7-8-9-10-11-12-13-14-15-16-17-18-19-22(25)24-21(23(26)27)20-31-32(28,29)30/h3-4,6-7,9-10,12-13,15-16,21H,2,5,8,11,14,17-20H2,1H3,(H,24,25)(H,26,27)(H2,28,29,30)/t21-/m0/s1. The van der Waals surface area contributed by atoms with Crippen molar-refractivity contribution in [1.82, 2.24) is 5.32 Å². The van der Waals surface area contributed by atoms with Crippen molar-refractivity contribution in [3.8, 4) is 0 Å². The molecule has 180 valence electrons. The minimum absolute atomic E-state index is 0.105. The minimum Gasteiger partial charge on any atom is -0.480 e. The van der Waals surface area contributed by atoms with Crippen molar-refractivity contribution < 1.29 is 33.6 Å². The smallest absolute Gasteiger partial charge is 0.469 e. The Hall–Kier alpha value is -2.25. The van der Waals surface area contributed by atoms with E-state index in [-0.39, 0.29) is 6.42 Å². The van der Waals surface area contributed by atoms with E-state index >= 15 is 0 Å². The topological polar surface area (TPSA) is 133 Å². The summed E-state index contributed by atoms with van der Waals surface area (Å²) in [6.07, 6.45) is 27.0. The molecule has 0 bridgehead atoms.